The van der Waals surface area contributed by atoms with Gasteiger partial charge in [0.1, 0.15) is 0 Å². The van der Waals surface area contributed by atoms with E-state index in [2.05, 4.69) is 10.6 Å². The van der Waals surface area contributed by atoms with Gasteiger partial charge in [-0.1, -0.05) is 53.5 Å². The highest BCUT2D eigenvalue weighted by atomic mass is 35.5. The van der Waals surface area contributed by atoms with E-state index in [1.54, 1.807) is 60.7 Å². The molecule has 28 heavy (non-hydrogen) atoms. The Morgan fingerprint density at radius 2 is 1.54 bits per heavy atom. The van der Waals surface area contributed by atoms with Crippen molar-refractivity contribution in [2.45, 2.75) is 0 Å². The van der Waals surface area contributed by atoms with Crippen LogP contribution in [0.3, 0.4) is 0 Å². The van der Waals surface area contributed by atoms with E-state index in [4.69, 9.17) is 23.2 Å². The summed E-state index contributed by atoms with van der Waals surface area (Å²) >= 11 is 12.1. The fraction of sp³-hybridized carbons (Fsp3) is 0. The lowest BCUT2D eigenvalue weighted by atomic mass is 10.2. The first-order chi connectivity index (χ1) is 13.5. The van der Waals surface area contributed by atoms with Crippen molar-refractivity contribution in [3.8, 4) is 0 Å². The Hall–Kier alpha value is -3.08. The summed E-state index contributed by atoms with van der Waals surface area (Å²) in [6.07, 6.45) is 3.10. The fourth-order valence-corrected chi connectivity index (χ4v) is 2.76. The minimum Gasteiger partial charge on any atom is -0.322 e. The number of carbonyl (C=O) groups is 2. The maximum Gasteiger partial charge on any atom is 0.255 e. The molecule has 0 aliphatic rings. The van der Waals surface area contributed by atoms with Gasteiger partial charge in [-0.15, -0.1) is 0 Å². The first kappa shape index (κ1) is 19.7. The lowest BCUT2D eigenvalue weighted by Crippen LogP contribution is -2.12. The maximum absolute atomic E-state index is 12.2. The average molecular weight is 411 g/mol. The van der Waals surface area contributed by atoms with Gasteiger partial charge in [0.15, 0.2) is 0 Å². The van der Waals surface area contributed by atoms with Crippen molar-refractivity contribution in [2.75, 3.05) is 10.6 Å². The van der Waals surface area contributed by atoms with Gasteiger partial charge in [0.2, 0.25) is 5.91 Å². The minimum absolute atomic E-state index is 0.259. The first-order valence-electron chi connectivity index (χ1n) is 8.42. The Labute approximate surface area is 172 Å². The number of rotatable bonds is 5. The van der Waals surface area contributed by atoms with Crippen molar-refractivity contribution in [3.63, 3.8) is 0 Å². The van der Waals surface area contributed by atoms with Crippen LogP contribution in [0, 0.1) is 0 Å². The SMILES string of the molecule is O=C(/C=C/c1ccc(Cl)cc1)Nc1ccc(NC(=O)c2ccccc2)c(Cl)c1. The quantitative estimate of drug-likeness (QED) is 0.514. The molecular weight excluding hydrogens is 395 g/mol. The molecule has 0 heterocycles. The molecular formula is C22H16Cl2N2O2. The van der Waals surface area contributed by atoms with E-state index >= 15 is 0 Å². The van der Waals surface area contributed by atoms with E-state index in [9.17, 15) is 9.59 Å². The van der Waals surface area contributed by atoms with E-state index in [0.717, 1.165) is 5.56 Å². The van der Waals surface area contributed by atoms with E-state index in [1.165, 1.54) is 6.08 Å². The monoisotopic (exact) mass is 410 g/mol. The zero-order chi connectivity index (χ0) is 19.9. The highest BCUT2D eigenvalue weighted by Gasteiger charge is 2.09. The van der Waals surface area contributed by atoms with Crippen molar-refractivity contribution in [3.05, 3.63) is 100 Å². The molecule has 0 unspecified atom stereocenters. The Balaban J connectivity index is 1.62. The van der Waals surface area contributed by atoms with Gasteiger partial charge in [-0.2, -0.15) is 0 Å². The number of benzene rings is 3. The van der Waals surface area contributed by atoms with Crippen LogP contribution in [0.5, 0.6) is 0 Å². The van der Waals surface area contributed by atoms with Crippen LogP contribution in [0.4, 0.5) is 11.4 Å². The van der Waals surface area contributed by atoms with Crippen LogP contribution in [0.1, 0.15) is 15.9 Å². The van der Waals surface area contributed by atoms with Crippen LogP contribution in [-0.4, -0.2) is 11.8 Å². The molecule has 6 heteroatoms. The Bertz CT molecular complexity index is 1020. The highest BCUT2D eigenvalue weighted by molar-refractivity contribution is 6.34. The number of carbonyl (C=O) groups excluding carboxylic acids is 2. The van der Waals surface area contributed by atoms with E-state index in [0.29, 0.717) is 27.0 Å². The summed E-state index contributed by atoms with van der Waals surface area (Å²) in [4.78, 5) is 24.3. The molecule has 0 atom stereocenters. The second-order valence-corrected chi connectivity index (χ2v) is 6.73. The lowest BCUT2D eigenvalue weighted by molar-refractivity contribution is -0.111. The van der Waals surface area contributed by atoms with Crippen molar-refractivity contribution in [1.82, 2.24) is 0 Å². The van der Waals surface area contributed by atoms with Gasteiger partial charge in [0, 0.05) is 22.3 Å². The molecule has 4 nitrogen and oxygen atoms in total. The van der Waals surface area contributed by atoms with Gasteiger partial charge in [-0.05, 0) is 54.1 Å². The topological polar surface area (TPSA) is 58.2 Å². The Morgan fingerprint density at radius 3 is 2.21 bits per heavy atom. The number of anilines is 2. The van der Waals surface area contributed by atoms with Crippen molar-refractivity contribution < 1.29 is 9.59 Å². The standard InChI is InChI=1S/C22H16Cl2N2O2/c23-17-9-6-15(7-10-17)8-13-21(27)25-18-11-12-20(19(24)14-18)26-22(28)16-4-2-1-3-5-16/h1-14H,(H,25,27)(H,26,28)/b13-8+. The molecule has 2 amide bonds. The highest BCUT2D eigenvalue weighted by Crippen LogP contribution is 2.26. The summed E-state index contributed by atoms with van der Waals surface area (Å²) in [6, 6.07) is 20.8. The van der Waals surface area contributed by atoms with Gasteiger partial charge < -0.3 is 10.6 Å². The number of nitrogens with one attached hydrogen (secondary N) is 2. The largest absolute Gasteiger partial charge is 0.322 e. The minimum atomic E-state index is -0.299. The van der Waals surface area contributed by atoms with Crippen LogP contribution >= 0.6 is 23.2 Å². The summed E-state index contributed by atoms with van der Waals surface area (Å²) in [7, 11) is 0. The van der Waals surface area contributed by atoms with Crippen LogP contribution in [0.25, 0.3) is 6.08 Å². The van der Waals surface area contributed by atoms with E-state index in [1.807, 2.05) is 18.2 Å². The zero-order valence-corrected chi connectivity index (χ0v) is 16.2. The molecule has 3 aromatic carbocycles. The molecule has 0 saturated heterocycles. The number of hydrogen-bond acceptors (Lipinski definition) is 2. The molecule has 2 N–H and O–H groups in total. The van der Waals surface area contributed by atoms with Gasteiger partial charge in [-0.25, -0.2) is 0 Å². The summed E-state index contributed by atoms with van der Waals surface area (Å²) in [5.41, 5.74) is 2.37. The molecule has 0 spiro atoms. The van der Waals surface area contributed by atoms with Gasteiger partial charge in [0.25, 0.3) is 5.91 Å². The number of halogens is 2. The predicted molar refractivity (Wildman–Crippen MR) is 115 cm³/mol. The molecule has 0 aliphatic carbocycles. The van der Waals surface area contributed by atoms with E-state index < -0.39 is 0 Å². The third kappa shape index (κ3) is 5.46. The zero-order valence-electron chi connectivity index (χ0n) is 14.7. The molecule has 0 radical (unpaired) electrons. The molecule has 0 aromatic heterocycles. The molecule has 140 valence electrons. The Kier molecular flexibility index (Phi) is 6.48. The molecule has 0 bridgehead atoms. The van der Waals surface area contributed by atoms with Crippen LogP contribution in [-0.2, 0) is 4.79 Å². The number of hydrogen-bond donors (Lipinski definition) is 2. The summed E-state index contributed by atoms with van der Waals surface area (Å²) in [5, 5.41) is 6.44. The third-order valence-corrected chi connectivity index (χ3v) is 4.38. The predicted octanol–water partition coefficient (Wildman–Crippen LogP) is 5.90. The molecule has 0 saturated carbocycles. The fourth-order valence-electron chi connectivity index (χ4n) is 2.41. The van der Waals surface area contributed by atoms with Gasteiger partial charge in [0.05, 0.1) is 10.7 Å². The third-order valence-electron chi connectivity index (χ3n) is 3.82. The second kappa shape index (κ2) is 9.22. The molecule has 0 fully saturated rings. The first-order valence-corrected chi connectivity index (χ1v) is 9.17. The van der Waals surface area contributed by atoms with Gasteiger partial charge >= 0.3 is 0 Å². The molecule has 3 aromatic rings. The summed E-state index contributed by atoms with van der Waals surface area (Å²) in [5.74, 6) is -0.558. The van der Waals surface area contributed by atoms with Crippen LogP contribution in [0.15, 0.2) is 78.9 Å². The van der Waals surface area contributed by atoms with Crippen LogP contribution in [0.2, 0.25) is 10.0 Å². The molecule has 3 rings (SSSR count). The van der Waals surface area contributed by atoms with Crippen molar-refractivity contribution >= 4 is 52.5 Å². The van der Waals surface area contributed by atoms with Crippen molar-refractivity contribution in [1.29, 1.82) is 0 Å². The van der Waals surface area contributed by atoms with Crippen molar-refractivity contribution in [2.24, 2.45) is 0 Å². The average Bonchev–Trinajstić information content (AvgIpc) is 2.70. The maximum atomic E-state index is 12.2. The Morgan fingerprint density at radius 1 is 0.821 bits per heavy atom. The van der Waals surface area contributed by atoms with Crippen LogP contribution < -0.4 is 10.6 Å². The lowest BCUT2D eigenvalue weighted by Gasteiger charge is -2.09. The summed E-state index contributed by atoms with van der Waals surface area (Å²) in [6.45, 7) is 0. The summed E-state index contributed by atoms with van der Waals surface area (Å²) < 4.78 is 0. The van der Waals surface area contributed by atoms with E-state index in [-0.39, 0.29) is 11.8 Å². The smallest absolute Gasteiger partial charge is 0.255 e. The second-order valence-electron chi connectivity index (χ2n) is 5.89. The number of amides is 2. The molecule has 0 aliphatic heterocycles. The normalized spacial score (nSPS) is 10.6. The van der Waals surface area contributed by atoms with Gasteiger partial charge in [-0.3, -0.25) is 9.59 Å².